The Morgan fingerprint density at radius 1 is 0.489 bits per heavy atom. The van der Waals surface area contributed by atoms with E-state index in [1.165, 1.54) is 38.2 Å². The fourth-order valence-corrected chi connectivity index (χ4v) is 8.43. The van der Waals surface area contributed by atoms with Gasteiger partial charge in [0, 0.05) is 21.7 Å². The lowest BCUT2D eigenvalue weighted by Crippen LogP contribution is -2.28. The molecule has 232 valence electrons. The van der Waals surface area contributed by atoms with Crippen molar-refractivity contribution in [2.24, 2.45) is 0 Å². The van der Waals surface area contributed by atoms with E-state index in [2.05, 4.69) is 171 Å². The van der Waals surface area contributed by atoms with Crippen molar-refractivity contribution in [1.82, 2.24) is 0 Å². The molecule has 45 heavy (non-hydrogen) atoms. The molecule has 5 aromatic rings. The van der Waals surface area contributed by atoms with Gasteiger partial charge in [0.25, 0.3) is 0 Å². The summed E-state index contributed by atoms with van der Waals surface area (Å²) in [6.45, 7) is 19.1. The van der Waals surface area contributed by atoms with Gasteiger partial charge >= 0.3 is 0 Å². The normalized spacial score (nSPS) is 11.9. The van der Waals surface area contributed by atoms with Gasteiger partial charge < -0.3 is 9.47 Å². The summed E-state index contributed by atoms with van der Waals surface area (Å²) in [5.41, 5.74) is 7.03. The monoisotopic (exact) mass is 614 g/mol. The average molecular weight is 615 g/mol. The summed E-state index contributed by atoms with van der Waals surface area (Å²) in [5, 5.41) is 3.73. The summed E-state index contributed by atoms with van der Waals surface area (Å²) in [4.78, 5) is 0. The number of hydrogen-bond donors (Lipinski definition) is 0. The number of aryl methyl sites for hydroxylation is 2. The first-order chi connectivity index (χ1) is 21.4. The van der Waals surface area contributed by atoms with Gasteiger partial charge in [-0.05, 0) is 72.3 Å². The van der Waals surface area contributed by atoms with Gasteiger partial charge in [-0.15, -0.1) is 0 Å². The lowest BCUT2D eigenvalue weighted by Gasteiger charge is -2.32. The molecule has 0 heterocycles. The van der Waals surface area contributed by atoms with E-state index in [1.54, 1.807) is 0 Å². The lowest BCUT2D eigenvalue weighted by molar-refractivity contribution is 0.299. The summed E-state index contributed by atoms with van der Waals surface area (Å²) in [7, 11) is -1.06. The zero-order chi connectivity index (χ0) is 32.2. The number of benzene rings is 5. The molecule has 2 nitrogen and oxygen atoms in total. The van der Waals surface area contributed by atoms with Crippen molar-refractivity contribution in [1.29, 1.82) is 0 Å². The van der Waals surface area contributed by atoms with Gasteiger partial charge in [-0.25, -0.2) is 0 Å². The van der Waals surface area contributed by atoms with Crippen molar-refractivity contribution in [2.45, 2.75) is 79.4 Å². The molecule has 0 aromatic heterocycles. The molecule has 0 aliphatic rings. The van der Waals surface area contributed by atoms with E-state index in [0.29, 0.717) is 13.2 Å². The molecule has 0 atom stereocenters. The highest BCUT2D eigenvalue weighted by Gasteiger charge is 2.32. The van der Waals surface area contributed by atoms with Crippen LogP contribution in [0.5, 0.6) is 11.5 Å². The first-order valence-electron chi connectivity index (χ1n) is 15.9. The molecule has 5 rings (SSSR count). The smallest absolute Gasteiger partial charge is 0.131 e. The SMILES string of the molecule is Cc1cc(P(c2ccccc2)c2cc(C)cc(C(C)(C)C)c2OCc2ccccc2)c(OCc2ccccc2)c(C(C)(C)C)c1. The van der Waals surface area contributed by atoms with Crippen molar-refractivity contribution in [2.75, 3.05) is 0 Å². The molecule has 0 saturated heterocycles. The van der Waals surface area contributed by atoms with Crippen LogP contribution in [0.25, 0.3) is 0 Å². The lowest BCUT2D eigenvalue weighted by atomic mass is 9.85. The Hall–Kier alpha value is -3.87. The van der Waals surface area contributed by atoms with Crippen molar-refractivity contribution in [3.05, 3.63) is 149 Å². The molecule has 0 amide bonds. The Labute approximate surface area is 272 Å². The first kappa shape index (κ1) is 32.5. The molecule has 0 bridgehead atoms. The Morgan fingerprint density at radius 3 is 1.20 bits per heavy atom. The minimum Gasteiger partial charge on any atom is -0.488 e. The highest BCUT2D eigenvalue weighted by Crippen LogP contribution is 2.46. The van der Waals surface area contributed by atoms with Crippen molar-refractivity contribution >= 4 is 23.8 Å². The largest absolute Gasteiger partial charge is 0.488 e. The van der Waals surface area contributed by atoms with E-state index in [1.807, 2.05) is 0 Å². The Morgan fingerprint density at radius 2 is 0.844 bits per heavy atom. The molecule has 3 heteroatoms. The van der Waals surface area contributed by atoms with E-state index in [0.717, 1.165) is 22.6 Å². The zero-order valence-electron chi connectivity index (χ0n) is 28.1. The summed E-state index contributed by atoms with van der Waals surface area (Å²) in [6, 6.07) is 41.2. The van der Waals surface area contributed by atoms with E-state index in [9.17, 15) is 0 Å². The zero-order valence-corrected chi connectivity index (χ0v) is 29.0. The van der Waals surface area contributed by atoms with Crippen LogP contribution in [0.2, 0.25) is 0 Å². The summed E-state index contributed by atoms with van der Waals surface area (Å²) < 4.78 is 13.9. The highest BCUT2D eigenvalue weighted by atomic mass is 31.1. The highest BCUT2D eigenvalue weighted by molar-refractivity contribution is 7.80. The maximum absolute atomic E-state index is 6.93. The van der Waals surface area contributed by atoms with Crippen LogP contribution < -0.4 is 25.4 Å². The standard InChI is InChI=1S/C42H47O2P/c1-30-24-35(41(3,4)5)39(43-28-32-18-12-9-13-19-32)37(26-30)45(34-22-16-11-17-23-34)38-27-31(2)25-36(42(6,7)8)40(38)44-29-33-20-14-10-15-21-33/h9-27H,28-29H2,1-8H3. The van der Waals surface area contributed by atoms with E-state index >= 15 is 0 Å². The van der Waals surface area contributed by atoms with Gasteiger partial charge in [-0.1, -0.05) is 145 Å². The fourth-order valence-electron chi connectivity index (χ4n) is 5.70. The minimum atomic E-state index is -1.06. The topological polar surface area (TPSA) is 18.5 Å². The Bertz CT molecular complexity index is 1600. The summed E-state index contributed by atoms with van der Waals surface area (Å²) >= 11 is 0. The Kier molecular flexibility index (Phi) is 9.85. The van der Waals surface area contributed by atoms with Gasteiger partial charge in [0.15, 0.2) is 0 Å². The molecule has 0 unspecified atom stereocenters. The van der Waals surface area contributed by atoms with Crippen molar-refractivity contribution in [3.63, 3.8) is 0 Å². The quantitative estimate of drug-likeness (QED) is 0.154. The molecule has 0 N–H and O–H groups in total. The predicted molar refractivity (Wildman–Crippen MR) is 194 cm³/mol. The van der Waals surface area contributed by atoms with Crippen LogP contribution in [0.3, 0.4) is 0 Å². The Balaban J connectivity index is 1.78. The van der Waals surface area contributed by atoms with Gasteiger partial charge in [0.1, 0.15) is 24.7 Å². The van der Waals surface area contributed by atoms with Crippen LogP contribution in [0.1, 0.15) is 74.9 Å². The average Bonchev–Trinajstić information content (AvgIpc) is 3.00. The molecule has 0 aliphatic heterocycles. The third-order valence-corrected chi connectivity index (χ3v) is 10.4. The second kappa shape index (κ2) is 13.6. The predicted octanol–water partition coefficient (Wildman–Crippen LogP) is 9.81. The molecule has 0 saturated carbocycles. The maximum Gasteiger partial charge on any atom is 0.131 e. The van der Waals surface area contributed by atoms with Gasteiger partial charge in [-0.2, -0.15) is 0 Å². The van der Waals surface area contributed by atoms with Gasteiger partial charge in [0.05, 0.1) is 0 Å². The van der Waals surface area contributed by atoms with Crippen molar-refractivity contribution in [3.8, 4) is 11.5 Å². The van der Waals surface area contributed by atoms with Crippen molar-refractivity contribution < 1.29 is 9.47 Å². The third kappa shape index (κ3) is 7.86. The second-order valence-corrected chi connectivity index (χ2v) is 16.2. The first-order valence-corrected chi connectivity index (χ1v) is 17.2. The van der Waals surface area contributed by atoms with E-state index < -0.39 is 7.92 Å². The van der Waals surface area contributed by atoms with E-state index in [-0.39, 0.29) is 10.8 Å². The molecule has 5 aromatic carbocycles. The van der Waals surface area contributed by atoms with Crippen LogP contribution in [0.4, 0.5) is 0 Å². The number of hydrogen-bond acceptors (Lipinski definition) is 2. The van der Waals surface area contributed by atoms with Gasteiger partial charge in [0.2, 0.25) is 0 Å². The second-order valence-electron chi connectivity index (χ2n) is 14.0. The minimum absolute atomic E-state index is 0.111. The number of rotatable bonds is 9. The van der Waals surface area contributed by atoms with Gasteiger partial charge in [-0.3, -0.25) is 0 Å². The third-order valence-electron chi connectivity index (χ3n) is 7.99. The summed E-state index contributed by atoms with van der Waals surface area (Å²) in [6.07, 6.45) is 0. The number of ether oxygens (including phenoxy) is 2. The van der Waals surface area contributed by atoms with Crippen LogP contribution in [-0.2, 0) is 24.0 Å². The molecular weight excluding hydrogens is 567 g/mol. The van der Waals surface area contributed by atoms with Crippen LogP contribution in [-0.4, -0.2) is 0 Å². The van der Waals surface area contributed by atoms with E-state index in [4.69, 9.17) is 9.47 Å². The van der Waals surface area contributed by atoms with Crippen LogP contribution in [0, 0.1) is 13.8 Å². The fraction of sp³-hybridized carbons (Fsp3) is 0.286. The molecule has 0 spiro atoms. The molecule has 0 fully saturated rings. The van der Waals surface area contributed by atoms with Crippen LogP contribution >= 0.6 is 7.92 Å². The molecular formula is C42H47O2P. The summed E-state index contributed by atoms with van der Waals surface area (Å²) in [5.74, 6) is 1.97. The maximum atomic E-state index is 6.93. The molecule has 0 aliphatic carbocycles. The van der Waals surface area contributed by atoms with Crippen LogP contribution in [0.15, 0.2) is 115 Å². The molecule has 0 radical (unpaired) electrons.